The molecule has 0 aliphatic heterocycles. The van der Waals surface area contributed by atoms with Gasteiger partial charge in [0.05, 0.1) is 40.5 Å². The van der Waals surface area contributed by atoms with Crippen molar-refractivity contribution >= 4 is 33.5 Å². The van der Waals surface area contributed by atoms with Crippen LogP contribution in [-0.2, 0) is 19.6 Å². The fourth-order valence-electron chi connectivity index (χ4n) is 1.87. The molecule has 1 aromatic rings. The van der Waals surface area contributed by atoms with E-state index in [1.807, 2.05) is 12.1 Å². The maximum Gasteiger partial charge on any atom is 0.340 e. The van der Waals surface area contributed by atoms with Crippen molar-refractivity contribution in [2.75, 3.05) is 19.7 Å². The normalized spacial score (nSPS) is 10.5. The molecule has 11 heteroatoms. The van der Waals surface area contributed by atoms with Crippen molar-refractivity contribution in [3.05, 3.63) is 28.8 Å². The topological polar surface area (TPSA) is 154 Å². The first-order valence-corrected chi connectivity index (χ1v) is 9.14. The van der Waals surface area contributed by atoms with Crippen LogP contribution in [0.2, 0.25) is 5.02 Å². The van der Waals surface area contributed by atoms with E-state index in [4.69, 9.17) is 32.0 Å². The summed E-state index contributed by atoms with van der Waals surface area (Å²) in [6, 6.07) is 7.01. The number of halogens is 1. The third-order valence-electron chi connectivity index (χ3n) is 3.15. The molecule has 1 aromatic carbocycles. The molecule has 1 amide bonds. The van der Waals surface area contributed by atoms with E-state index >= 15 is 0 Å². The summed E-state index contributed by atoms with van der Waals surface area (Å²) in [7, 11) is -4.04. The number of nitrogens with two attached hydrogens (primary N) is 1. The Morgan fingerprint density at radius 3 is 2.27 bits per heavy atom. The largest absolute Gasteiger partial charge is 0.452 e. The maximum absolute atomic E-state index is 12.1. The van der Waals surface area contributed by atoms with Gasteiger partial charge in [-0.15, -0.1) is 0 Å². The van der Waals surface area contributed by atoms with Crippen LogP contribution in [0.5, 0.6) is 0 Å². The number of carbonyl (C=O) groups excluding carboxylic acids is 2. The zero-order valence-electron chi connectivity index (χ0n) is 13.5. The van der Waals surface area contributed by atoms with Gasteiger partial charge >= 0.3 is 5.97 Å². The molecule has 0 aliphatic carbocycles. The molecule has 0 aliphatic rings. The van der Waals surface area contributed by atoms with Gasteiger partial charge in [0.15, 0.2) is 6.61 Å². The molecule has 0 unspecified atom stereocenters. The lowest BCUT2D eigenvalue weighted by atomic mass is 10.2. The summed E-state index contributed by atoms with van der Waals surface area (Å²) in [6.07, 6.45) is 0.126. The molecule has 0 bridgehead atoms. The summed E-state index contributed by atoms with van der Waals surface area (Å²) in [6.45, 7) is -0.460. The van der Waals surface area contributed by atoms with Crippen LogP contribution in [0.1, 0.15) is 23.2 Å². The SMILES string of the molecule is N#CCCN(CCC#N)C(=O)COC(=O)c1cc(S(N)(=O)=O)ccc1Cl. The van der Waals surface area contributed by atoms with Gasteiger partial charge in [0.2, 0.25) is 10.0 Å². The van der Waals surface area contributed by atoms with Gasteiger partial charge in [0.25, 0.3) is 5.91 Å². The van der Waals surface area contributed by atoms with Crippen LogP contribution in [-0.4, -0.2) is 44.9 Å². The number of carbonyl (C=O) groups is 2. The third kappa shape index (κ3) is 6.33. The zero-order valence-corrected chi connectivity index (χ0v) is 15.1. The molecule has 0 saturated carbocycles. The summed E-state index contributed by atoms with van der Waals surface area (Å²) in [4.78, 5) is 25.1. The molecular weight excluding hydrogens is 384 g/mol. The molecule has 9 nitrogen and oxygen atoms in total. The number of benzene rings is 1. The number of rotatable bonds is 8. The monoisotopic (exact) mass is 398 g/mol. The van der Waals surface area contributed by atoms with E-state index in [1.54, 1.807) is 0 Å². The second-order valence-corrected chi connectivity index (χ2v) is 6.93. The van der Waals surface area contributed by atoms with E-state index in [2.05, 4.69) is 0 Å². The molecule has 0 aromatic heterocycles. The van der Waals surface area contributed by atoms with Crippen molar-refractivity contribution in [3.63, 3.8) is 0 Å². The highest BCUT2D eigenvalue weighted by molar-refractivity contribution is 7.89. The van der Waals surface area contributed by atoms with Crippen LogP contribution in [0.25, 0.3) is 0 Å². The van der Waals surface area contributed by atoms with Gasteiger partial charge in [-0.25, -0.2) is 18.4 Å². The number of amides is 1. The predicted octanol–water partition coefficient (Wildman–Crippen LogP) is 0.800. The van der Waals surface area contributed by atoms with Crippen molar-refractivity contribution in [2.45, 2.75) is 17.7 Å². The Balaban J connectivity index is 2.83. The summed E-state index contributed by atoms with van der Waals surface area (Å²) in [5.41, 5.74) is -0.258. The van der Waals surface area contributed by atoms with Gasteiger partial charge < -0.3 is 9.64 Å². The van der Waals surface area contributed by atoms with Crippen molar-refractivity contribution < 1.29 is 22.7 Å². The molecule has 0 radical (unpaired) electrons. The van der Waals surface area contributed by atoms with Gasteiger partial charge in [0, 0.05) is 13.1 Å². The fourth-order valence-corrected chi connectivity index (χ4v) is 2.60. The zero-order chi connectivity index (χ0) is 19.7. The molecule has 26 heavy (non-hydrogen) atoms. The number of nitriles is 2. The summed E-state index contributed by atoms with van der Waals surface area (Å²) >= 11 is 5.85. The highest BCUT2D eigenvalue weighted by atomic mass is 35.5. The summed E-state index contributed by atoms with van der Waals surface area (Å²) in [5, 5.41) is 22.1. The first kappa shape index (κ1) is 21.4. The van der Waals surface area contributed by atoms with Crippen LogP contribution < -0.4 is 5.14 Å². The van der Waals surface area contributed by atoms with Crippen LogP contribution in [0.4, 0.5) is 0 Å². The van der Waals surface area contributed by atoms with Crippen LogP contribution >= 0.6 is 11.6 Å². The first-order valence-electron chi connectivity index (χ1n) is 7.22. The molecular formula is C15H15ClN4O5S. The van der Waals surface area contributed by atoms with Crippen LogP contribution in [0, 0.1) is 22.7 Å². The van der Waals surface area contributed by atoms with Gasteiger partial charge in [0.1, 0.15) is 0 Å². The van der Waals surface area contributed by atoms with E-state index in [9.17, 15) is 18.0 Å². The standard InChI is InChI=1S/C15H15ClN4O5S/c16-13-4-3-11(26(19,23)24)9-12(13)15(22)25-10-14(21)20(7-1-5-17)8-2-6-18/h3-4,9H,1-2,7-8,10H2,(H2,19,23,24). The van der Waals surface area contributed by atoms with Gasteiger partial charge in [-0.05, 0) is 18.2 Å². The van der Waals surface area contributed by atoms with Crippen molar-refractivity contribution in [2.24, 2.45) is 5.14 Å². The maximum atomic E-state index is 12.1. The van der Waals surface area contributed by atoms with E-state index in [0.717, 1.165) is 12.1 Å². The predicted molar refractivity (Wildman–Crippen MR) is 90.1 cm³/mol. The molecule has 0 heterocycles. The van der Waals surface area contributed by atoms with E-state index in [1.165, 1.54) is 11.0 Å². The Kier molecular flexibility index (Phi) is 8.00. The number of esters is 1. The molecule has 0 spiro atoms. The Morgan fingerprint density at radius 2 is 1.77 bits per heavy atom. The number of hydrogen-bond acceptors (Lipinski definition) is 7. The van der Waals surface area contributed by atoms with E-state index < -0.39 is 28.5 Å². The lowest BCUT2D eigenvalue weighted by Gasteiger charge is -2.20. The number of nitrogens with zero attached hydrogens (tertiary/aromatic N) is 3. The summed E-state index contributed by atoms with van der Waals surface area (Å²) in [5.74, 6) is -1.60. The Labute approximate surface area is 155 Å². The molecule has 0 atom stereocenters. The molecule has 0 fully saturated rings. The highest BCUT2D eigenvalue weighted by Crippen LogP contribution is 2.20. The van der Waals surface area contributed by atoms with E-state index in [0.29, 0.717) is 0 Å². The number of hydrogen-bond donors (Lipinski definition) is 1. The lowest BCUT2D eigenvalue weighted by molar-refractivity contribution is -0.134. The van der Waals surface area contributed by atoms with Gasteiger partial charge in [-0.1, -0.05) is 11.6 Å². The van der Waals surface area contributed by atoms with E-state index in [-0.39, 0.29) is 41.4 Å². The summed E-state index contributed by atoms with van der Waals surface area (Å²) < 4.78 is 27.6. The molecule has 0 saturated heterocycles. The van der Waals surface area contributed by atoms with Crippen molar-refractivity contribution in [3.8, 4) is 12.1 Å². The van der Waals surface area contributed by atoms with Crippen LogP contribution in [0.3, 0.4) is 0 Å². The minimum Gasteiger partial charge on any atom is -0.452 e. The number of primary sulfonamides is 1. The fraction of sp³-hybridized carbons (Fsp3) is 0.333. The van der Waals surface area contributed by atoms with Crippen LogP contribution in [0.15, 0.2) is 23.1 Å². The smallest absolute Gasteiger partial charge is 0.340 e. The van der Waals surface area contributed by atoms with Crippen molar-refractivity contribution in [1.29, 1.82) is 10.5 Å². The molecule has 1 rings (SSSR count). The Hall–Kier alpha value is -2.66. The second kappa shape index (κ2) is 9.73. The highest BCUT2D eigenvalue weighted by Gasteiger charge is 2.20. The lowest BCUT2D eigenvalue weighted by Crippen LogP contribution is -2.36. The average molecular weight is 399 g/mol. The second-order valence-electron chi connectivity index (χ2n) is 4.96. The number of ether oxygens (including phenoxy) is 1. The van der Waals surface area contributed by atoms with Gasteiger partial charge in [-0.3, -0.25) is 4.79 Å². The molecule has 138 valence electrons. The Morgan fingerprint density at radius 1 is 1.19 bits per heavy atom. The Bertz CT molecular complexity index is 855. The first-order chi connectivity index (χ1) is 12.2. The quantitative estimate of drug-likeness (QED) is 0.635. The third-order valence-corrected chi connectivity index (χ3v) is 4.39. The molecule has 2 N–H and O–H groups in total. The minimum absolute atomic E-state index is 0.0628. The number of sulfonamides is 1. The van der Waals surface area contributed by atoms with Gasteiger partial charge in [-0.2, -0.15) is 10.5 Å². The van der Waals surface area contributed by atoms with Crippen molar-refractivity contribution in [1.82, 2.24) is 4.90 Å². The average Bonchev–Trinajstić information content (AvgIpc) is 2.58. The minimum atomic E-state index is -4.04.